The molecule has 0 aliphatic carbocycles. The Kier molecular flexibility index (Phi) is 60.3. The molecule has 0 unspecified atom stereocenters. The number of hydrogen-bond acceptors (Lipinski definition) is 2. The minimum atomic E-state index is -3.13. The van der Waals surface area contributed by atoms with Gasteiger partial charge in [-0.05, 0) is 0 Å². The molecule has 0 aromatic carbocycles. The monoisotopic (exact) mass is 240 g/mol. The first-order chi connectivity index (χ1) is 3.46. The van der Waals surface area contributed by atoms with Crippen molar-refractivity contribution < 1.29 is 27.4 Å². The standard InChI is InChI=1S/Al.Mg.Na.H2O3S.H2O3Si.6H/c;;;2*1-4(2)3;;;;;;/h;;;(H2,1,2,3);1-2H;;;;;;. The van der Waals surface area contributed by atoms with Crippen LogP contribution in [0, 0.1) is 0 Å². The molecule has 0 saturated carbocycles. The topological polar surface area (TPSA) is 115 Å². The first kappa shape index (κ1) is 29.3. The van der Waals surface area contributed by atoms with Gasteiger partial charge < -0.3 is 9.59 Å². The van der Waals surface area contributed by atoms with E-state index in [1.54, 1.807) is 0 Å². The van der Waals surface area contributed by atoms with E-state index in [1.807, 2.05) is 0 Å². The third-order valence-electron chi connectivity index (χ3n) is 0. The first-order valence-electron chi connectivity index (χ1n) is 1.18. The first-order valence-corrected chi connectivity index (χ1v) is 3.55. The Balaban J connectivity index is -0.0000000171. The summed E-state index contributed by atoms with van der Waals surface area (Å²) < 4.78 is 31.6. The molecule has 0 atom stereocenters. The normalized spacial score (nSPS) is 5.36. The van der Waals surface area contributed by atoms with Crippen molar-refractivity contribution in [1.82, 2.24) is 0 Å². The van der Waals surface area contributed by atoms with E-state index in [4.69, 9.17) is 27.4 Å². The van der Waals surface area contributed by atoms with E-state index in [0.29, 0.717) is 0 Å². The van der Waals surface area contributed by atoms with E-state index in [0.717, 1.165) is 0 Å². The maximum atomic E-state index is 8.74. The van der Waals surface area contributed by atoms with Gasteiger partial charge in [-0.25, -0.2) is 0 Å². The molecule has 0 fully saturated rings. The molecule has 0 spiro atoms. The molecule has 4 N–H and O–H groups in total. The van der Waals surface area contributed by atoms with Crippen LogP contribution < -0.4 is 0 Å². The van der Waals surface area contributed by atoms with Gasteiger partial charge in [-0.1, -0.05) is 0 Å². The Morgan fingerprint density at radius 2 is 1.18 bits per heavy atom. The van der Waals surface area contributed by atoms with Crippen molar-refractivity contribution >= 4 is 90.5 Å². The summed E-state index contributed by atoms with van der Waals surface area (Å²) in [7, 11) is -3.13. The van der Waals surface area contributed by atoms with Gasteiger partial charge in [0.1, 0.15) is 0 Å². The second-order valence-corrected chi connectivity index (χ2v) is 1.54. The van der Waals surface area contributed by atoms with E-state index in [9.17, 15) is 0 Å². The minimum absolute atomic E-state index is 0. The zero-order chi connectivity index (χ0) is 7.15. The van der Waals surface area contributed by atoms with Crippen molar-refractivity contribution in [3.05, 3.63) is 0 Å². The Labute approximate surface area is 116 Å². The SMILES string of the molecule is O=S(O)O.O=[Si](O)O.[AlH3].[MgH2].[NaH]. The molecule has 0 amide bonds. The third kappa shape index (κ3) is 303. The van der Waals surface area contributed by atoms with Crippen LogP contribution in [0.25, 0.3) is 0 Å². The van der Waals surface area contributed by atoms with E-state index < -0.39 is 20.5 Å². The summed E-state index contributed by atoms with van der Waals surface area (Å²) >= 11 is -2.61. The summed E-state index contributed by atoms with van der Waals surface area (Å²) in [6.45, 7) is 0. The van der Waals surface area contributed by atoms with Gasteiger partial charge >= 0.3 is 61.8 Å². The van der Waals surface area contributed by atoms with E-state index in [1.165, 1.54) is 0 Å². The molecule has 0 bridgehead atoms. The Hall–Kier alpha value is 1.99. The van der Waals surface area contributed by atoms with Gasteiger partial charge in [0.05, 0.1) is 0 Å². The second kappa shape index (κ2) is 22.7. The summed E-state index contributed by atoms with van der Waals surface area (Å²) in [4.78, 5) is 14.3. The molecule has 0 aromatic heterocycles. The van der Waals surface area contributed by atoms with Gasteiger partial charge in [0.2, 0.25) is 0 Å². The molecular formula is H10AlMgNaO6SSi. The molecule has 62 valence electrons. The van der Waals surface area contributed by atoms with Crippen LogP contribution in [0.4, 0.5) is 0 Å². The summed E-state index contributed by atoms with van der Waals surface area (Å²) in [6.07, 6.45) is 0. The summed E-state index contributed by atoms with van der Waals surface area (Å²) in [5.41, 5.74) is 0. The average Bonchev–Trinajstić information content (AvgIpc) is 1.25. The van der Waals surface area contributed by atoms with Gasteiger partial charge in [-0.3, -0.25) is 13.6 Å². The van der Waals surface area contributed by atoms with Crippen molar-refractivity contribution in [3.8, 4) is 0 Å². The maximum absolute atomic E-state index is 8.74. The van der Waals surface area contributed by atoms with Crippen LogP contribution in [-0.2, 0) is 15.8 Å². The van der Waals surface area contributed by atoms with Gasteiger partial charge in [0.15, 0.2) is 17.4 Å². The molecule has 0 aliphatic heterocycles. The second-order valence-electron chi connectivity index (χ2n) is 0.513. The van der Waals surface area contributed by atoms with Crippen molar-refractivity contribution in [2.45, 2.75) is 0 Å². The van der Waals surface area contributed by atoms with Crippen LogP contribution in [0.15, 0.2) is 0 Å². The molecule has 0 rings (SSSR count). The Bertz CT molecular complexity index is 80.6. The van der Waals surface area contributed by atoms with Crippen LogP contribution in [0.3, 0.4) is 0 Å². The molecule has 0 saturated heterocycles. The molecule has 0 aromatic rings. The van der Waals surface area contributed by atoms with E-state index in [2.05, 4.69) is 0 Å². The third-order valence-corrected chi connectivity index (χ3v) is 0. The van der Waals surface area contributed by atoms with E-state index >= 15 is 0 Å². The molecule has 11 heteroatoms. The molecule has 6 nitrogen and oxygen atoms in total. The quantitative estimate of drug-likeness (QED) is 0.250. The Morgan fingerprint density at radius 3 is 1.18 bits per heavy atom. The van der Waals surface area contributed by atoms with Crippen LogP contribution in [-0.4, -0.2) is 102 Å². The zero-order valence-electron chi connectivity index (χ0n) is 3.51. The van der Waals surface area contributed by atoms with Crippen molar-refractivity contribution in [2.75, 3.05) is 0 Å². The zero-order valence-corrected chi connectivity index (χ0v) is 5.33. The Morgan fingerprint density at radius 1 is 1.18 bits per heavy atom. The van der Waals surface area contributed by atoms with Crippen molar-refractivity contribution in [3.63, 3.8) is 0 Å². The summed E-state index contributed by atoms with van der Waals surface area (Å²) in [5.74, 6) is 0. The van der Waals surface area contributed by atoms with E-state index in [-0.39, 0.29) is 70.0 Å². The summed E-state index contributed by atoms with van der Waals surface area (Å²) in [6, 6.07) is 0. The molecule has 0 heterocycles. The van der Waals surface area contributed by atoms with Crippen molar-refractivity contribution in [1.29, 1.82) is 0 Å². The molecular weight excluding hydrogens is 230 g/mol. The fourth-order valence-corrected chi connectivity index (χ4v) is 0. The summed E-state index contributed by atoms with van der Waals surface area (Å²) in [5, 5.41) is 0. The van der Waals surface area contributed by atoms with Gasteiger partial charge in [0.25, 0.3) is 11.4 Å². The van der Waals surface area contributed by atoms with Crippen LogP contribution in [0.5, 0.6) is 0 Å². The van der Waals surface area contributed by atoms with Gasteiger partial charge in [-0.2, -0.15) is 4.21 Å². The fraction of sp³-hybridized carbons (Fsp3) is 0. The number of hydrogen-bond donors (Lipinski definition) is 4. The van der Waals surface area contributed by atoms with Crippen LogP contribution in [0.2, 0.25) is 0 Å². The predicted molar refractivity (Wildman–Crippen MR) is 49.9 cm³/mol. The van der Waals surface area contributed by atoms with Crippen LogP contribution >= 0.6 is 0 Å². The molecule has 11 heavy (non-hydrogen) atoms. The van der Waals surface area contributed by atoms with Crippen molar-refractivity contribution in [2.24, 2.45) is 0 Å². The molecule has 0 radical (unpaired) electrons. The van der Waals surface area contributed by atoms with Gasteiger partial charge in [-0.15, -0.1) is 0 Å². The predicted octanol–water partition coefficient (Wildman–Crippen LogP) is -4.68. The fourth-order valence-electron chi connectivity index (χ4n) is 0. The van der Waals surface area contributed by atoms with Gasteiger partial charge in [0, 0.05) is 0 Å². The number of rotatable bonds is 0. The molecule has 0 aliphatic rings. The van der Waals surface area contributed by atoms with Crippen LogP contribution in [0.1, 0.15) is 0 Å². The average molecular weight is 241 g/mol.